The van der Waals surface area contributed by atoms with E-state index in [0.29, 0.717) is 23.2 Å². The Morgan fingerprint density at radius 2 is 2.10 bits per heavy atom. The van der Waals surface area contributed by atoms with Gasteiger partial charge in [-0.05, 0) is 37.1 Å². The van der Waals surface area contributed by atoms with Crippen LogP contribution >= 0.6 is 15.9 Å². The van der Waals surface area contributed by atoms with Gasteiger partial charge in [0.15, 0.2) is 0 Å². The van der Waals surface area contributed by atoms with E-state index < -0.39 is 10.0 Å². The fraction of sp³-hybridized carbons (Fsp3) is 0.636. The van der Waals surface area contributed by atoms with Gasteiger partial charge in [-0.3, -0.25) is 4.79 Å². The monoisotopic (exact) mass is 381 g/mol. The molecule has 0 amide bonds. The number of hydrogen-bond donors (Lipinski definition) is 2. The smallest absolute Gasteiger partial charge is 0.283 e. The molecule has 0 aliphatic rings. The topological polar surface area (TPSA) is 96.3 Å². The number of nitrogens with one attached hydrogen (secondary N) is 2. The molecule has 1 rings (SSSR count). The van der Waals surface area contributed by atoms with Crippen LogP contribution in [0.15, 0.2) is 15.5 Å². The molecular weight excluding hydrogens is 362 g/mol. The van der Waals surface area contributed by atoms with E-state index >= 15 is 0 Å². The van der Waals surface area contributed by atoms with E-state index in [9.17, 15) is 13.2 Å². The number of sulfonamides is 1. The Labute approximate surface area is 132 Å². The molecule has 1 heterocycles. The van der Waals surface area contributed by atoms with E-state index in [2.05, 4.69) is 31.1 Å². The van der Waals surface area contributed by atoms with E-state index in [1.807, 2.05) is 19.0 Å². The van der Waals surface area contributed by atoms with Crippen LogP contribution in [0.3, 0.4) is 0 Å². The summed E-state index contributed by atoms with van der Waals surface area (Å²) in [6.45, 7) is 1.37. The molecule has 2 N–H and O–H groups in total. The lowest BCUT2D eigenvalue weighted by molar-refractivity contribution is 0.367. The summed E-state index contributed by atoms with van der Waals surface area (Å²) in [5, 5.41) is 6.95. The number of rotatable bonds is 8. The van der Waals surface area contributed by atoms with Crippen molar-refractivity contribution in [3.8, 4) is 0 Å². The highest BCUT2D eigenvalue weighted by atomic mass is 79.9. The van der Waals surface area contributed by atoms with Crippen LogP contribution in [0.1, 0.15) is 0 Å². The van der Waals surface area contributed by atoms with Crippen molar-refractivity contribution in [3.05, 3.63) is 21.0 Å². The molecule has 0 bridgehead atoms. The quantitative estimate of drug-likeness (QED) is 0.631. The lowest BCUT2D eigenvalue weighted by Gasteiger charge is -2.12. The maximum absolute atomic E-state index is 12.1. The zero-order valence-electron chi connectivity index (χ0n) is 12.3. The Morgan fingerprint density at radius 1 is 1.43 bits per heavy atom. The summed E-state index contributed by atoms with van der Waals surface area (Å²) in [5.41, 5.74) is 0.228. The molecular formula is C11H20BrN5O3S. The summed E-state index contributed by atoms with van der Waals surface area (Å²) in [7, 11) is 1.91. The highest BCUT2D eigenvalue weighted by Crippen LogP contribution is 2.15. The number of nitrogens with zero attached hydrogens (tertiary/aromatic N) is 3. The van der Waals surface area contributed by atoms with Gasteiger partial charge in [-0.25, -0.2) is 17.8 Å². The zero-order chi connectivity index (χ0) is 16.0. The molecule has 21 heavy (non-hydrogen) atoms. The molecule has 8 nitrogen and oxygen atoms in total. The Balaban J connectivity index is 2.74. The van der Waals surface area contributed by atoms with Crippen molar-refractivity contribution >= 4 is 31.6 Å². The Kier molecular flexibility index (Phi) is 6.78. The van der Waals surface area contributed by atoms with Crippen LogP contribution in [0.2, 0.25) is 0 Å². The summed E-state index contributed by atoms with van der Waals surface area (Å²) in [5.74, 6) is -0.0837. The van der Waals surface area contributed by atoms with E-state index in [-0.39, 0.29) is 17.9 Å². The first-order valence-corrected chi connectivity index (χ1v) is 8.77. The third-order valence-corrected chi connectivity index (χ3v) is 4.87. The van der Waals surface area contributed by atoms with Crippen LogP contribution in [0, 0.1) is 0 Å². The number of aromatic nitrogens is 2. The molecule has 0 aliphatic carbocycles. The fourth-order valence-corrected chi connectivity index (χ4v) is 2.49. The van der Waals surface area contributed by atoms with Crippen LogP contribution in [0.5, 0.6) is 0 Å². The van der Waals surface area contributed by atoms with Gasteiger partial charge in [0.05, 0.1) is 24.2 Å². The van der Waals surface area contributed by atoms with Crippen molar-refractivity contribution < 1.29 is 8.42 Å². The van der Waals surface area contributed by atoms with Gasteiger partial charge in [-0.1, -0.05) is 0 Å². The molecule has 0 atom stereocenters. The lowest BCUT2D eigenvalue weighted by atomic mass is 10.4. The Bertz CT molecular complexity index is 629. The van der Waals surface area contributed by atoms with E-state index in [4.69, 9.17) is 0 Å². The highest BCUT2D eigenvalue weighted by molar-refractivity contribution is 9.10. The van der Waals surface area contributed by atoms with E-state index in [1.165, 1.54) is 17.9 Å². The summed E-state index contributed by atoms with van der Waals surface area (Å²) in [4.78, 5) is 14.0. The third kappa shape index (κ3) is 5.73. The average molecular weight is 382 g/mol. The number of halogens is 1. The molecule has 1 aromatic rings. The summed E-state index contributed by atoms with van der Waals surface area (Å²) >= 11 is 3.22. The lowest BCUT2D eigenvalue weighted by Crippen LogP contribution is -2.30. The molecule has 1 aromatic heterocycles. The van der Waals surface area contributed by atoms with Gasteiger partial charge in [-0.15, -0.1) is 0 Å². The molecule has 10 heteroatoms. The van der Waals surface area contributed by atoms with Crippen molar-refractivity contribution in [3.63, 3.8) is 0 Å². The van der Waals surface area contributed by atoms with Crippen LogP contribution in [-0.2, 0) is 16.6 Å². The predicted molar refractivity (Wildman–Crippen MR) is 86.1 cm³/mol. The van der Waals surface area contributed by atoms with Crippen LogP contribution in [-0.4, -0.2) is 63.1 Å². The second kappa shape index (κ2) is 7.87. The van der Waals surface area contributed by atoms with Gasteiger partial charge in [0.25, 0.3) is 5.56 Å². The number of anilines is 1. The third-order valence-electron chi connectivity index (χ3n) is 2.74. The standard InChI is InChI=1S/C11H20BrN5O3S/c1-13-21(19,20)7-4-14-9-8-15-17(6-5-16(2)3)11(18)10(9)12/h8,13-14H,4-7H2,1-3H3. The van der Waals surface area contributed by atoms with Crippen LogP contribution in [0.4, 0.5) is 5.69 Å². The predicted octanol–water partition coefficient (Wildman–Crippen LogP) is -0.471. The van der Waals surface area contributed by atoms with Crippen molar-refractivity contribution in [2.45, 2.75) is 6.54 Å². The van der Waals surface area contributed by atoms with Crippen molar-refractivity contribution in [1.82, 2.24) is 19.4 Å². The minimum Gasteiger partial charge on any atom is -0.382 e. The van der Waals surface area contributed by atoms with Gasteiger partial charge in [-0.2, -0.15) is 5.10 Å². The van der Waals surface area contributed by atoms with Crippen molar-refractivity contribution in [2.24, 2.45) is 0 Å². The fourth-order valence-electron chi connectivity index (χ4n) is 1.46. The second-order valence-corrected chi connectivity index (χ2v) is 7.49. The van der Waals surface area contributed by atoms with E-state index in [1.54, 1.807) is 0 Å². The van der Waals surface area contributed by atoms with Gasteiger partial charge in [0.2, 0.25) is 10.0 Å². The van der Waals surface area contributed by atoms with Crippen molar-refractivity contribution in [2.75, 3.05) is 45.3 Å². The number of likely N-dealkylation sites (N-methyl/N-ethyl adjacent to an activating group) is 1. The number of hydrogen-bond acceptors (Lipinski definition) is 6. The summed E-state index contributed by atoms with van der Waals surface area (Å²) in [6.07, 6.45) is 1.51. The van der Waals surface area contributed by atoms with Gasteiger partial charge >= 0.3 is 0 Å². The Morgan fingerprint density at radius 3 is 2.67 bits per heavy atom. The highest BCUT2D eigenvalue weighted by Gasteiger charge is 2.11. The maximum atomic E-state index is 12.1. The molecule has 0 unspecified atom stereocenters. The zero-order valence-corrected chi connectivity index (χ0v) is 14.7. The second-order valence-electron chi connectivity index (χ2n) is 4.65. The SMILES string of the molecule is CNS(=O)(=O)CCNc1cnn(CCN(C)C)c(=O)c1Br. The Hall–Kier alpha value is -0.970. The molecule has 0 fully saturated rings. The van der Waals surface area contributed by atoms with Gasteiger partial charge < -0.3 is 10.2 Å². The van der Waals surface area contributed by atoms with Gasteiger partial charge in [0, 0.05) is 13.1 Å². The molecule has 0 spiro atoms. The van der Waals surface area contributed by atoms with E-state index in [0.717, 1.165) is 0 Å². The van der Waals surface area contributed by atoms with Crippen LogP contribution in [0.25, 0.3) is 0 Å². The molecule has 0 saturated carbocycles. The first-order chi connectivity index (χ1) is 9.76. The average Bonchev–Trinajstić information content (AvgIpc) is 2.42. The summed E-state index contributed by atoms with van der Waals surface area (Å²) in [6, 6.07) is 0. The first kappa shape index (κ1) is 18.1. The van der Waals surface area contributed by atoms with Crippen molar-refractivity contribution in [1.29, 1.82) is 0 Å². The van der Waals surface area contributed by atoms with Crippen LogP contribution < -0.4 is 15.6 Å². The molecule has 0 aliphatic heterocycles. The molecule has 0 radical (unpaired) electrons. The molecule has 120 valence electrons. The molecule has 0 aromatic carbocycles. The maximum Gasteiger partial charge on any atom is 0.283 e. The van der Waals surface area contributed by atoms with Gasteiger partial charge in [0.1, 0.15) is 4.47 Å². The minimum absolute atomic E-state index is 0.0837. The minimum atomic E-state index is -3.28. The summed E-state index contributed by atoms with van der Waals surface area (Å²) < 4.78 is 26.5. The molecule has 0 saturated heterocycles. The normalized spacial score (nSPS) is 11.9. The first-order valence-electron chi connectivity index (χ1n) is 6.32. The largest absolute Gasteiger partial charge is 0.382 e.